The second-order valence-electron chi connectivity index (χ2n) is 5.85. The highest BCUT2D eigenvalue weighted by Crippen LogP contribution is 2.34. The molecule has 0 spiro atoms. The summed E-state index contributed by atoms with van der Waals surface area (Å²) < 4.78 is 5.73. The summed E-state index contributed by atoms with van der Waals surface area (Å²) in [6.45, 7) is 6.85. The third kappa shape index (κ3) is 4.35. The number of carbonyl (C=O) groups excluding carboxylic acids is 1. The van der Waals surface area contributed by atoms with Gasteiger partial charge < -0.3 is 15.4 Å². The standard InChI is InChI=1S/C16H23ClN2O2/c1-10(2)21-15-13(17)5-4-6-14(15)19-16(20)12-7-8-18-11(3)9-12/h4-6,10-12,18H,7-9H2,1-3H3,(H,19,20)/t11-,12-/m0/s1. The van der Waals surface area contributed by atoms with E-state index >= 15 is 0 Å². The summed E-state index contributed by atoms with van der Waals surface area (Å²) in [5.74, 6) is 0.621. The molecule has 0 radical (unpaired) electrons. The fourth-order valence-electron chi connectivity index (χ4n) is 2.57. The number of piperidine rings is 1. The van der Waals surface area contributed by atoms with Crippen LogP contribution in [0.1, 0.15) is 33.6 Å². The van der Waals surface area contributed by atoms with Gasteiger partial charge in [-0.2, -0.15) is 0 Å². The highest BCUT2D eigenvalue weighted by molar-refractivity contribution is 6.32. The van der Waals surface area contributed by atoms with Crippen LogP contribution in [0.15, 0.2) is 18.2 Å². The molecule has 5 heteroatoms. The van der Waals surface area contributed by atoms with E-state index in [9.17, 15) is 4.79 Å². The van der Waals surface area contributed by atoms with Crippen LogP contribution >= 0.6 is 11.6 Å². The number of nitrogens with one attached hydrogen (secondary N) is 2. The van der Waals surface area contributed by atoms with Crippen molar-refractivity contribution in [1.82, 2.24) is 5.32 Å². The number of hydrogen-bond acceptors (Lipinski definition) is 3. The zero-order valence-electron chi connectivity index (χ0n) is 12.8. The van der Waals surface area contributed by atoms with Gasteiger partial charge in [-0.1, -0.05) is 17.7 Å². The third-order valence-electron chi connectivity index (χ3n) is 3.57. The fourth-order valence-corrected chi connectivity index (χ4v) is 2.79. The molecule has 1 saturated heterocycles. The third-order valence-corrected chi connectivity index (χ3v) is 3.87. The normalized spacial score (nSPS) is 22.1. The van der Waals surface area contributed by atoms with Crippen molar-refractivity contribution in [2.75, 3.05) is 11.9 Å². The maximum Gasteiger partial charge on any atom is 0.227 e. The van der Waals surface area contributed by atoms with E-state index in [-0.39, 0.29) is 17.9 Å². The molecule has 21 heavy (non-hydrogen) atoms. The molecular formula is C16H23ClN2O2. The first-order valence-electron chi connectivity index (χ1n) is 7.46. The van der Waals surface area contributed by atoms with E-state index < -0.39 is 0 Å². The largest absolute Gasteiger partial charge is 0.487 e. The molecule has 0 unspecified atom stereocenters. The summed E-state index contributed by atoms with van der Waals surface area (Å²) >= 11 is 6.18. The van der Waals surface area contributed by atoms with Crippen molar-refractivity contribution in [1.29, 1.82) is 0 Å². The molecule has 2 N–H and O–H groups in total. The summed E-state index contributed by atoms with van der Waals surface area (Å²) in [5, 5.41) is 6.84. The molecule has 0 bridgehead atoms. The highest BCUT2D eigenvalue weighted by atomic mass is 35.5. The Morgan fingerprint density at radius 1 is 1.48 bits per heavy atom. The van der Waals surface area contributed by atoms with Crippen molar-refractivity contribution in [2.24, 2.45) is 5.92 Å². The van der Waals surface area contributed by atoms with Crippen LogP contribution in [0.3, 0.4) is 0 Å². The lowest BCUT2D eigenvalue weighted by Gasteiger charge is -2.27. The lowest BCUT2D eigenvalue weighted by atomic mass is 9.92. The first-order valence-corrected chi connectivity index (χ1v) is 7.84. The first kappa shape index (κ1) is 16.1. The molecule has 1 aromatic carbocycles. The number of anilines is 1. The summed E-state index contributed by atoms with van der Waals surface area (Å²) in [4.78, 5) is 12.4. The van der Waals surface area contributed by atoms with Crippen molar-refractivity contribution in [3.05, 3.63) is 23.2 Å². The van der Waals surface area contributed by atoms with Gasteiger partial charge in [0.05, 0.1) is 16.8 Å². The fraction of sp³-hybridized carbons (Fsp3) is 0.562. The minimum atomic E-state index is -0.000505. The molecule has 2 atom stereocenters. The van der Waals surface area contributed by atoms with Crippen LogP contribution in [0.25, 0.3) is 0 Å². The minimum absolute atomic E-state index is 0.000505. The Bertz CT molecular complexity index is 505. The Hall–Kier alpha value is -1.26. The van der Waals surface area contributed by atoms with Crippen LogP contribution in [0.4, 0.5) is 5.69 Å². The molecule has 0 aromatic heterocycles. The van der Waals surface area contributed by atoms with Crippen molar-refractivity contribution in [3.8, 4) is 5.75 Å². The lowest BCUT2D eigenvalue weighted by Crippen LogP contribution is -2.40. The predicted molar refractivity (Wildman–Crippen MR) is 86.0 cm³/mol. The zero-order valence-corrected chi connectivity index (χ0v) is 13.5. The molecule has 1 aromatic rings. The van der Waals surface area contributed by atoms with Gasteiger partial charge in [-0.3, -0.25) is 4.79 Å². The Morgan fingerprint density at radius 3 is 2.90 bits per heavy atom. The molecule has 1 aliphatic heterocycles. The monoisotopic (exact) mass is 310 g/mol. The Morgan fingerprint density at radius 2 is 2.24 bits per heavy atom. The predicted octanol–water partition coefficient (Wildman–Crippen LogP) is 3.45. The lowest BCUT2D eigenvalue weighted by molar-refractivity contribution is -0.120. The van der Waals surface area contributed by atoms with E-state index in [0.29, 0.717) is 22.5 Å². The van der Waals surface area contributed by atoms with Crippen LogP contribution in [0, 0.1) is 5.92 Å². The number of halogens is 1. The molecule has 116 valence electrons. The van der Waals surface area contributed by atoms with Gasteiger partial charge in [0.25, 0.3) is 0 Å². The molecule has 1 aliphatic rings. The van der Waals surface area contributed by atoms with Crippen molar-refractivity contribution < 1.29 is 9.53 Å². The SMILES string of the molecule is CC(C)Oc1c(Cl)cccc1NC(=O)[C@H]1CCN[C@@H](C)C1. The Kier molecular flexibility index (Phi) is 5.48. The van der Waals surface area contributed by atoms with Gasteiger partial charge >= 0.3 is 0 Å². The molecule has 2 rings (SSSR count). The number of para-hydroxylation sites is 1. The van der Waals surface area contributed by atoms with E-state index in [1.165, 1.54) is 0 Å². The second kappa shape index (κ2) is 7.14. The maximum atomic E-state index is 12.4. The molecule has 1 amide bonds. The highest BCUT2D eigenvalue weighted by Gasteiger charge is 2.25. The minimum Gasteiger partial charge on any atom is -0.487 e. The maximum absolute atomic E-state index is 12.4. The van der Waals surface area contributed by atoms with E-state index in [2.05, 4.69) is 17.6 Å². The van der Waals surface area contributed by atoms with Crippen molar-refractivity contribution >= 4 is 23.2 Å². The quantitative estimate of drug-likeness (QED) is 0.895. The molecule has 0 saturated carbocycles. The first-order chi connectivity index (χ1) is 9.97. The summed E-state index contributed by atoms with van der Waals surface area (Å²) in [6, 6.07) is 5.78. The summed E-state index contributed by atoms with van der Waals surface area (Å²) in [5.41, 5.74) is 0.646. The topological polar surface area (TPSA) is 50.4 Å². The smallest absolute Gasteiger partial charge is 0.227 e. The number of rotatable bonds is 4. The van der Waals surface area contributed by atoms with Gasteiger partial charge in [0.15, 0.2) is 5.75 Å². The Labute approximate surface area is 131 Å². The van der Waals surface area contributed by atoms with E-state index in [1.54, 1.807) is 6.07 Å². The van der Waals surface area contributed by atoms with Gasteiger partial charge in [0, 0.05) is 12.0 Å². The van der Waals surface area contributed by atoms with Crippen molar-refractivity contribution in [3.63, 3.8) is 0 Å². The Balaban J connectivity index is 2.11. The average molecular weight is 311 g/mol. The molecule has 1 heterocycles. The van der Waals surface area contributed by atoms with Crippen LogP contribution in [-0.4, -0.2) is 24.6 Å². The average Bonchev–Trinajstić information content (AvgIpc) is 2.42. The van der Waals surface area contributed by atoms with E-state index in [4.69, 9.17) is 16.3 Å². The van der Waals surface area contributed by atoms with Crippen LogP contribution in [0.2, 0.25) is 5.02 Å². The van der Waals surface area contributed by atoms with Gasteiger partial charge in [0.1, 0.15) is 0 Å². The second-order valence-corrected chi connectivity index (χ2v) is 6.26. The van der Waals surface area contributed by atoms with E-state index in [1.807, 2.05) is 26.0 Å². The molecule has 4 nitrogen and oxygen atoms in total. The van der Waals surface area contributed by atoms with Crippen LogP contribution in [-0.2, 0) is 4.79 Å². The number of amides is 1. The number of ether oxygens (including phenoxy) is 1. The van der Waals surface area contributed by atoms with Gasteiger partial charge in [-0.25, -0.2) is 0 Å². The zero-order chi connectivity index (χ0) is 15.4. The van der Waals surface area contributed by atoms with Gasteiger partial charge in [-0.05, 0) is 52.3 Å². The molecular weight excluding hydrogens is 288 g/mol. The number of hydrogen-bond donors (Lipinski definition) is 2. The number of carbonyl (C=O) groups is 1. The molecule has 1 fully saturated rings. The summed E-state index contributed by atoms with van der Waals surface area (Å²) in [7, 11) is 0. The molecule has 0 aliphatic carbocycles. The number of benzene rings is 1. The van der Waals surface area contributed by atoms with Crippen LogP contribution in [0.5, 0.6) is 5.75 Å². The van der Waals surface area contributed by atoms with Gasteiger partial charge in [-0.15, -0.1) is 0 Å². The summed E-state index contributed by atoms with van der Waals surface area (Å²) in [6.07, 6.45) is 1.71. The van der Waals surface area contributed by atoms with E-state index in [0.717, 1.165) is 19.4 Å². The van der Waals surface area contributed by atoms with Gasteiger partial charge in [0.2, 0.25) is 5.91 Å². The van der Waals surface area contributed by atoms with Crippen LogP contribution < -0.4 is 15.4 Å². The van der Waals surface area contributed by atoms with Crippen molar-refractivity contribution in [2.45, 2.75) is 45.8 Å².